The molecule has 4 rings (SSSR count). The molecule has 0 bridgehead atoms. The molecule has 1 aromatic carbocycles. The Bertz CT molecular complexity index is 2820. The average molecular weight is 1200 g/mol. The quantitative estimate of drug-likeness (QED) is 0.0150. The summed E-state index contributed by atoms with van der Waals surface area (Å²) in [7, 11) is 0. The van der Waals surface area contributed by atoms with Gasteiger partial charge in [0.15, 0.2) is 23.6 Å². The molecule has 13 atom stereocenters. The van der Waals surface area contributed by atoms with Crippen molar-refractivity contribution in [3.8, 4) is 11.5 Å². The number of hydroxylamine groups is 2. The predicted molar refractivity (Wildman–Crippen MR) is 283 cm³/mol. The van der Waals surface area contributed by atoms with E-state index in [-0.39, 0.29) is 82.5 Å². The zero-order valence-corrected chi connectivity index (χ0v) is 45.6. The maximum Gasteiger partial charge on any atom is 0.335 e. The van der Waals surface area contributed by atoms with Crippen molar-refractivity contribution < 1.29 is 113 Å². The van der Waals surface area contributed by atoms with Crippen LogP contribution < -0.4 is 63.9 Å². The van der Waals surface area contributed by atoms with Gasteiger partial charge in [0.05, 0.1) is 31.3 Å². The highest BCUT2D eigenvalue weighted by atomic mass is 16.5. The van der Waals surface area contributed by atoms with Crippen molar-refractivity contribution in [1.82, 2.24) is 42.3 Å². The number of aromatic nitrogens is 1. The number of carboxylic acids is 3. The zero-order valence-electron chi connectivity index (χ0n) is 45.6. The molecular formula is C49H72N13O22+. The number of hydrogen-bond acceptors (Lipinski definition) is 22. The SMILES string of the molecule is CC(O)C(NC(=O)C(CCCCN)NC(=O)C(CC(=O)O)NC(=O)C1CC[n+]2c(c(NC(=O)CCC(N)C(=O)O)cc3cc(O)c(O)cc32)N1)C(=O)NC(C(=O)NC(C(=O)NC(C(=O)NC1CCCN(O)C1=O)C(C)O)C(C)O)C(O)C(=O)O. The van der Waals surface area contributed by atoms with E-state index in [4.69, 9.17) is 16.6 Å². The Balaban J connectivity index is 1.54. The molecule has 0 radical (unpaired) electrons. The fourth-order valence-corrected chi connectivity index (χ4v) is 8.79. The molecule has 35 nitrogen and oxygen atoms in total. The maximum absolute atomic E-state index is 14.0. The zero-order chi connectivity index (χ0) is 63.0. The van der Waals surface area contributed by atoms with Crippen LogP contribution in [0.25, 0.3) is 10.9 Å². The van der Waals surface area contributed by atoms with E-state index >= 15 is 0 Å². The van der Waals surface area contributed by atoms with Crippen LogP contribution in [-0.4, -0.2) is 219 Å². The number of aromatic hydroxyl groups is 2. The number of aliphatic hydroxyl groups excluding tert-OH is 4. The molecule has 464 valence electrons. The van der Waals surface area contributed by atoms with Crippen LogP contribution >= 0.6 is 0 Å². The van der Waals surface area contributed by atoms with Gasteiger partial charge in [0, 0.05) is 30.8 Å². The first-order valence-corrected chi connectivity index (χ1v) is 26.3. The van der Waals surface area contributed by atoms with E-state index in [2.05, 4.69) is 37.2 Å². The molecule has 1 saturated heterocycles. The van der Waals surface area contributed by atoms with Gasteiger partial charge < -0.3 is 100.0 Å². The summed E-state index contributed by atoms with van der Waals surface area (Å²) in [5.41, 5.74) is 11.5. The normalized spacial score (nSPS) is 18.8. The third-order valence-electron chi connectivity index (χ3n) is 13.4. The minimum Gasteiger partial charge on any atom is -0.504 e. The molecule has 3 heterocycles. The summed E-state index contributed by atoms with van der Waals surface area (Å²) < 4.78 is 1.53. The second-order valence-corrected chi connectivity index (χ2v) is 20.1. The Morgan fingerprint density at radius 2 is 1.24 bits per heavy atom. The summed E-state index contributed by atoms with van der Waals surface area (Å²) in [6, 6.07) is -12.6. The first-order valence-electron chi connectivity index (χ1n) is 26.3. The number of aliphatic carboxylic acids is 3. The van der Waals surface area contributed by atoms with E-state index in [1.54, 1.807) is 0 Å². The van der Waals surface area contributed by atoms with Gasteiger partial charge in [-0.1, -0.05) is 0 Å². The number of aryl methyl sites for hydroxylation is 1. The minimum atomic E-state index is -2.86. The average Bonchev–Trinajstić information content (AvgIpc) is 1.49. The highest BCUT2D eigenvalue weighted by molar-refractivity contribution is 6.01. The first kappa shape index (κ1) is 67.9. The predicted octanol–water partition coefficient (Wildman–Crippen LogP) is -7.55. The van der Waals surface area contributed by atoms with E-state index in [0.29, 0.717) is 16.0 Å². The smallest absolute Gasteiger partial charge is 0.335 e. The van der Waals surface area contributed by atoms with Crippen LogP contribution in [0.1, 0.15) is 78.6 Å². The molecule has 35 heteroatoms. The number of amides is 9. The Morgan fingerprint density at radius 3 is 1.80 bits per heavy atom. The molecule has 1 fully saturated rings. The van der Waals surface area contributed by atoms with Gasteiger partial charge in [-0.2, -0.15) is 0 Å². The Kier molecular flexibility index (Phi) is 24.7. The second kappa shape index (κ2) is 30.6. The van der Waals surface area contributed by atoms with Crippen molar-refractivity contribution in [1.29, 1.82) is 0 Å². The van der Waals surface area contributed by atoms with E-state index in [0.717, 1.165) is 20.8 Å². The van der Waals surface area contributed by atoms with Gasteiger partial charge in [-0.05, 0) is 78.0 Å². The molecule has 0 spiro atoms. The van der Waals surface area contributed by atoms with Gasteiger partial charge in [-0.25, -0.2) is 14.4 Å². The number of nitrogens with two attached hydrogens (primary N) is 2. The fourth-order valence-electron chi connectivity index (χ4n) is 8.79. The summed E-state index contributed by atoms with van der Waals surface area (Å²) in [5, 5.41) is 122. The molecule has 2 aliphatic heterocycles. The van der Waals surface area contributed by atoms with E-state index < -0.39 is 168 Å². The van der Waals surface area contributed by atoms with Gasteiger partial charge >= 0.3 is 17.9 Å². The molecular weight excluding hydrogens is 1120 g/mol. The number of carboxylic acid groups (broad SMARTS) is 3. The number of anilines is 2. The van der Waals surface area contributed by atoms with Crippen molar-refractivity contribution in [2.75, 3.05) is 23.7 Å². The lowest BCUT2D eigenvalue weighted by molar-refractivity contribution is -0.661. The Hall–Kier alpha value is -8.61. The standard InChI is InChI=1S/C49H71N13O22/c1-19(63)34(43(75)55-26-8-6-13-62(84)47(26)79)58-44(76)36(21(3)65)59-46(78)37(38(71)49(82)83)60-45(77)35(20(2)64)57-41(73)24(7-4-5-12-50)54-42(74)28(17-33(69)70)56-40(72)25-11-14-61-29-18-31(67)30(66)16-22(29)15-27(39(61)53-25)52-32(68)10-9-23(51)48(80)81/h15-16,18-21,23-26,28,34-38,63-65,71,84H,4-14,17,50-51H2,1-3H3,(H13,52,53,54,55,56,57,58,59,60,66,67,68,69,70,72,73,74,75,76,77,78,80,81,82,83)/p+1. The van der Waals surface area contributed by atoms with E-state index in [9.17, 15) is 104 Å². The number of aliphatic hydroxyl groups is 4. The number of nitrogens with zero attached hydrogens (tertiary/aromatic N) is 2. The number of carbonyl (C=O) groups excluding carboxylic acids is 9. The lowest BCUT2D eigenvalue weighted by atomic mass is 10.0. The fraction of sp³-hybridized carbons (Fsp3) is 0.571. The lowest BCUT2D eigenvalue weighted by Crippen LogP contribution is -2.66. The van der Waals surface area contributed by atoms with Crippen molar-refractivity contribution in [3.63, 3.8) is 0 Å². The summed E-state index contributed by atoms with van der Waals surface area (Å²) >= 11 is 0. The van der Waals surface area contributed by atoms with Gasteiger partial charge in [0.1, 0.15) is 59.5 Å². The highest BCUT2D eigenvalue weighted by Crippen LogP contribution is 2.34. The molecule has 84 heavy (non-hydrogen) atoms. The van der Waals surface area contributed by atoms with Crippen molar-refractivity contribution in [2.24, 2.45) is 11.5 Å². The van der Waals surface area contributed by atoms with Gasteiger partial charge in [0.25, 0.3) is 17.6 Å². The number of benzene rings is 1. The summed E-state index contributed by atoms with van der Waals surface area (Å²) in [4.78, 5) is 157. The molecule has 2 aliphatic rings. The molecule has 0 saturated carbocycles. The second-order valence-electron chi connectivity index (χ2n) is 20.1. The molecule has 23 N–H and O–H groups in total. The maximum atomic E-state index is 14.0. The van der Waals surface area contributed by atoms with Crippen molar-refractivity contribution in [3.05, 3.63) is 18.2 Å². The van der Waals surface area contributed by atoms with Crippen LogP contribution in [0, 0.1) is 0 Å². The molecule has 1 aromatic heterocycles. The number of piperidine rings is 1. The summed E-state index contributed by atoms with van der Waals surface area (Å²) in [6.07, 6.45) is -9.87. The molecule has 9 amide bonds. The number of phenols is 2. The summed E-state index contributed by atoms with van der Waals surface area (Å²) in [5.74, 6) is -17.0. The molecule has 2 aromatic rings. The van der Waals surface area contributed by atoms with Crippen LogP contribution in [0.4, 0.5) is 11.5 Å². The lowest BCUT2D eigenvalue weighted by Gasteiger charge is -2.31. The van der Waals surface area contributed by atoms with Crippen LogP contribution in [0.5, 0.6) is 11.5 Å². The van der Waals surface area contributed by atoms with Crippen LogP contribution in [-0.2, 0) is 64.1 Å². The van der Waals surface area contributed by atoms with E-state index in [1.165, 1.54) is 22.8 Å². The van der Waals surface area contributed by atoms with Crippen molar-refractivity contribution >= 4 is 93.5 Å². The topological polar surface area (TPSA) is 575 Å². The third-order valence-corrected chi connectivity index (χ3v) is 13.4. The number of nitrogens with one attached hydrogen (secondary N) is 9. The number of rotatable bonds is 30. The Labute approximate surface area is 476 Å². The largest absolute Gasteiger partial charge is 0.504 e. The number of fused-ring (bicyclic) bond motifs is 3. The number of hydrogen-bond donors (Lipinski definition) is 21. The first-order chi connectivity index (χ1) is 39.4. The van der Waals surface area contributed by atoms with E-state index in [1.807, 2.05) is 10.6 Å². The van der Waals surface area contributed by atoms with Crippen molar-refractivity contribution in [2.45, 2.75) is 164 Å². The van der Waals surface area contributed by atoms with Gasteiger partial charge in [-0.15, -0.1) is 0 Å². The third kappa shape index (κ3) is 18.4. The Morgan fingerprint density at radius 1 is 0.690 bits per heavy atom. The minimum absolute atomic E-state index is 0.000904. The van der Waals surface area contributed by atoms with Crippen LogP contribution in [0.3, 0.4) is 0 Å². The van der Waals surface area contributed by atoms with Gasteiger partial charge in [-0.3, -0.25) is 63.3 Å². The number of unbranched alkanes of at least 4 members (excludes halogenated alkanes) is 1. The molecule has 0 aliphatic carbocycles. The summed E-state index contributed by atoms with van der Waals surface area (Å²) in [6.45, 7) is 2.94. The van der Waals surface area contributed by atoms with Gasteiger partial charge in [0.2, 0.25) is 41.4 Å². The number of carbonyl (C=O) groups is 12. The van der Waals surface area contributed by atoms with Crippen LogP contribution in [0.2, 0.25) is 0 Å². The number of phenolic OH excluding ortho intramolecular Hbond substituents is 2. The monoisotopic (exact) mass is 1190 g/mol. The number of pyridine rings is 1. The van der Waals surface area contributed by atoms with Crippen LogP contribution in [0.15, 0.2) is 18.2 Å². The highest BCUT2D eigenvalue weighted by Gasteiger charge is 2.42. The molecule has 13 unspecified atom stereocenters.